The van der Waals surface area contributed by atoms with Crippen molar-refractivity contribution >= 4 is 21.7 Å². The van der Waals surface area contributed by atoms with Gasteiger partial charge in [0.2, 0.25) is 0 Å². The zero-order valence-corrected chi connectivity index (χ0v) is 11.8. The molecule has 0 heterocycles. The van der Waals surface area contributed by atoms with Crippen LogP contribution in [0.5, 0.6) is 0 Å². The minimum Gasteiger partial charge on any atom is -0.293 e. The Labute approximate surface area is 119 Å². The molecule has 0 N–H and O–H groups in total. The Bertz CT molecular complexity index is 634. The average molecular weight is 319 g/mol. The number of ketones is 1. The smallest absolute Gasteiger partial charge is 0.170 e. The SMILES string of the molecule is O=C1c2ccc(Br)cc2CCC1c1ccc(F)cc1. The fourth-order valence-corrected chi connectivity index (χ4v) is 3.05. The number of carbonyl (C=O) groups excluding carboxylic acids is 1. The molecule has 1 atom stereocenters. The average Bonchev–Trinajstić information content (AvgIpc) is 2.40. The van der Waals surface area contributed by atoms with Gasteiger partial charge in [0.05, 0.1) is 0 Å². The first-order chi connectivity index (χ1) is 9.15. The van der Waals surface area contributed by atoms with Crippen molar-refractivity contribution in [2.45, 2.75) is 18.8 Å². The summed E-state index contributed by atoms with van der Waals surface area (Å²) < 4.78 is 13.9. The molecule has 1 aliphatic rings. The molecule has 0 spiro atoms. The molecule has 1 nitrogen and oxygen atoms in total. The molecule has 3 rings (SSSR count). The van der Waals surface area contributed by atoms with Gasteiger partial charge in [-0.05, 0) is 54.3 Å². The first-order valence-corrected chi connectivity index (χ1v) is 7.02. The molecule has 0 fully saturated rings. The summed E-state index contributed by atoms with van der Waals surface area (Å²) in [6, 6.07) is 12.0. The highest BCUT2D eigenvalue weighted by Crippen LogP contribution is 2.33. The number of rotatable bonds is 1. The van der Waals surface area contributed by atoms with Crippen LogP contribution in [0.4, 0.5) is 4.39 Å². The minimum absolute atomic E-state index is 0.139. The second kappa shape index (κ2) is 4.89. The quantitative estimate of drug-likeness (QED) is 0.756. The van der Waals surface area contributed by atoms with E-state index in [0.29, 0.717) is 0 Å². The summed E-state index contributed by atoms with van der Waals surface area (Å²) in [5, 5.41) is 0. The van der Waals surface area contributed by atoms with E-state index in [1.807, 2.05) is 18.2 Å². The lowest BCUT2D eigenvalue weighted by Gasteiger charge is -2.23. The molecule has 0 aliphatic heterocycles. The molecule has 3 heteroatoms. The number of hydrogen-bond donors (Lipinski definition) is 0. The number of hydrogen-bond acceptors (Lipinski definition) is 1. The van der Waals surface area contributed by atoms with Crippen LogP contribution in [0.2, 0.25) is 0 Å². The molecule has 0 saturated heterocycles. The van der Waals surface area contributed by atoms with Crippen molar-refractivity contribution in [3.8, 4) is 0 Å². The summed E-state index contributed by atoms with van der Waals surface area (Å²) in [4.78, 5) is 12.5. The fraction of sp³-hybridized carbons (Fsp3) is 0.188. The second-order valence-electron chi connectivity index (χ2n) is 4.81. The third-order valence-electron chi connectivity index (χ3n) is 3.62. The minimum atomic E-state index is -0.267. The lowest BCUT2D eigenvalue weighted by Crippen LogP contribution is -2.20. The molecule has 2 aromatic rings. The maximum absolute atomic E-state index is 12.9. The van der Waals surface area contributed by atoms with E-state index < -0.39 is 0 Å². The summed E-state index contributed by atoms with van der Waals surface area (Å²) in [6.45, 7) is 0. The molecule has 0 radical (unpaired) electrons. The Balaban J connectivity index is 1.97. The van der Waals surface area contributed by atoms with Gasteiger partial charge in [0.1, 0.15) is 5.82 Å². The number of Topliss-reactive ketones (excluding diaryl/α,β-unsaturated/α-hetero) is 1. The number of halogens is 2. The van der Waals surface area contributed by atoms with Crippen LogP contribution in [0, 0.1) is 5.82 Å². The van der Waals surface area contributed by atoms with Crippen LogP contribution in [-0.4, -0.2) is 5.78 Å². The molecule has 1 aliphatic carbocycles. The molecule has 1 unspecified atom stereocenters. The normalized spacial score (nSPS) is 18.2. The maximum atomic E-state index is 12.9. The summed E-state index contributed by atoms with van der Waals surface area (Å²) in [5.41, 5.74) is 2.79. The van der Waals surface area contributed by atoms with Crippen LogP contribution in [0.3, 0.4) is 0 Å². The Morgan fingerprint density at radius 2 is 1.84 bits per heavy atom. The Hall–Kier alpha value is -1.48. The summed E-state index contributed by atoms with van der Waals surface area (Å²) in [5.74, 6) is -0.272. The van der Waals surface area contributed by atoms with E-state index in [1.54, 1.807) is 12.1 Å². The van der Waals surface area contributed by atoms with Gasteiger partial charge in [-0.15, -0.1) is 0 Å². The van der Waals surface area contributed by atoms with E-state index in [4.69, 9.17) is 0 Å². The van der Waals surface area contributed by atoms with Gasteiger partial charge in [0.25, 0.3) is 0 Å². The van der Waals surface area contributed by atoms with E-state index in [2.05, 4.69) is 15.9 Å². The Kier molecular flexibility index (Phi) is 3.23. The number of benzene rings is 2. The molecule has 19 heavy (non-hydrogen) atoms. The third-order valence-corrected chi connectivity index (χ3v) is 4.12. The highest BCUT2D eigenvalue weighted by atomic mass is 79.9. The monoisotopic (exact) mass is 318 g/mol. The second-order valence-corrected chi connectivity index (χ2v) is 5.72. The van der Waals surface area contributed by atoms with Crippen LogP contribution in [0.15, 0.2) is 46.9 Å². The largest absolute Gasteiger partial charge is 0.293 e. The molecule has 96 valence electrons. The number of carbonyl (C=O) groups is 1. The number of fused-ring (bicyclic) bond motifs is 1. The van der Waals surface area contributed by atoms with Crippen LogP contribution in [0.25, 0.3) is 0 Å². The molecule has 0 saturated carbocycles. The lowest BCUT2D eigenvalue weighted by atomic mass is 9.79. The van der Waals surface area contributed by atoms with Gasteiger partial charge in [0, 0.05) is 16.0 Å². The van der Waals surface area contributed by atoms with Gasteiger partial charge in [0.15, 0.2) is 5.78 Å². The van der Waals surface area contributed by atoms with Crippen molar-refractivity contribution in [1.82, 2.24) is 0 Å². The van der Waals surface area contributed by atoms with Crippen LogP contribution < -0.4 is 0 Å². The van der Waals surface area contributed by atoms with Gasteiger partial charge in [-0.1, -0.05) is 28.1 Å². The van der Waals surface area contributed by atoms with Gasteiger partial charge < -0.3 is 0 Å². The Morgan fingerprint density at radius 1 is 1.11 bits per heavy atom. The van der Waals surface area contributed by atoms with E-state index in [-0.39, 0.29) is 17.5 Å². The van der Waals surface area contributed by atoms with Crippen molar-refractivity contribution in [2.75, 3.05) is 0 Å². The maximum Gasteiger partial charge on any atom is 0.170 e. The molecular formula is C16H12BrFO. The van der Waals surface area contributed by atoms with E-state index >= 15 is 0 Å². The highest BCUT2D eigenvalue weighted by molar-refractivity contribution is 9.10. The fourth-order valence-electron chi connectivity index (χ4n) is 2.64. The third kappa shape index (κ3) is 2.35. The molecular weight excluding hydrogens is 307 g/mol. The van der Waals surface area contributed by atoms with Crippen LogP contribution in [-0.2, 0) is 6.42 Å². The van der Waals surface area contributed by atoms with Gasteiger partial charge >= 0.3 is 0 Å². The van der Waals surface area contributed by atoms with Gasteiger partial charge in [-0.3, -0.25) is 4.79 Å². The summed E-state index contributed by atoms with van der Waals surface area (Å²) in [6.07, 6.45) is 1.66. The zero-order chi connectivity index (χ0) is 13.4. The molecule has 0 bridgehead atoms. The predicted molar refractivity (Wildman–Crippen MR) is 75.9 cm³/mol. The van der Waals surface area contributed by atoms with Crippen molar-refractivity contribution in [2.24, 2.45) is 0 Å². The van der Waals surface area contributed by atoms with E-state index in [9.17, 15) is 9.18 Å². The van der Waals surface area contributed by atoms with Crippen molar-refractivity contribution in [3.63, 3.8) is 0 Å². The van der Waals surface area contributed by atoms with Gasteiger partial charge in [-0.25, -0.2) is 4.39 Å². The first kappa shape index (κ1) is 12.5. The number of aryl methyl sites for hydroxylation is 1. The topological polar surface area (TPSA) is 17.1 Å². The van der Waals surface area contributed by atoms with E-state index in [1.165, 1.54) is 12.1 Å². The van der Waals surface area contributed by atoms with Crippen molar-refractivity contribution < 1.29 is 9.18 Å². The van der Waals surface area contributed by atoms with Crippen LogP contribution in [0.1, 0.15) is 33.8 Å². The van der Waals surface area contributed by atoms with Crippen molar-refractivity contribution in [3.05, 3.63) is 69.4 Å². The van der Waals surface area contributed by atoms with Gasteiger partial charge in [-0.2, -0.15) is 0 Å². The summed E-state index contributed by atoms with van der Waals surface area (Å²) in [7, 11) is 0. The predicted octanol–water partition coefficient (Wildman–Crippen LogP) is 4.50. The highest BCUT2D eigenvalue weighted by Gasteiger charge is 2.28. The molecule has 0 amide bonds. The standard InChI is InChI=1S/C16H12BrFO/c17-12-4-8-15-11(9-12)3-7-14(16(15)19)10-1-5-13(18)6-2-10/h1-2,4-6,8-9,14H,3,7H2. The summed E-state index contributed by atoms with van der Waals surface area (Å²) >= 11 is 3.43. The Morgan fingerprint density at radius 3 is 2.58 bits per heavy atom. The first-order valence-electron chi connectivity index (χ1n) is 6.23. The molecule has 0 aromatic heterocycles. The van der Waals surface area contributed by atoms with Crippen molar-refractivity contribution in [1.29, 1.82) is 0 Å². The van der Waals surface area contributed by atoms with Crippen LogP contribution >= 0.6 is 15.9 Å². The molecule has 2 aromatic carbocycles. The zero-order valence-electron chi connectivity index (χ0n) is 10.2. The van der Waals surface area contributed by atoms with E-state index in [0.717, 1.165) is 34.0 Å². The lowest BCUT2D eigenvalue weighted by molar-refractivity contribution is 0.0946.